The van der Waals surface area contributed by atoms with Gasteiger partial charge in [0, 0.05) is 25.9 Å². The largest absolute Gasteiger partial charge is 0.460 e. The van der Waals surface area contributed by atoms with E-state index in [-0.39, 0.29) is 25.5 Å². The molecule has 0 spiro atoms. The first-order chi connectivity index (χ1) is 32.9. The quantitative estimate of drug-likeness (QED) is 0.0363. The predicted octanol–water partition coefficient (Wildman–Crippen LogP) is 2.34. The Labute approximate surface area is 414 Å². The number of carbonyl (C=O) groups excluding carboxylic acids is 9. The molecule has 71 heavy (non-hydrogen) atoms. The molecular formula is C49H72N8O14. The molecule has 0 aliphatic heterocycles. The molecule has 2 aromatic rings. The highest BCUT2D eigenvalue weighted by Gasteiger charge is 2.36. The van der Waals surface area contributed by atoms with E-state index in [0.717, 1.165) is 27.2 Å². The number of benzene rings is 2. The zero-order valence-electron chi connectivity index (χ0n) is 42.5. The Bertz CT molecular complexity index is 2190. The predicted molar refractivity (Wildman–Crippen MR) is 258 cm³/mol. The monoisotopic (exact) mass is 997 g/mol. The lowest BCUT2D eigenvalue weighted by Crippen LogP contribution is -2.60. The van der Waals surface area contributed by atoms with Crippen LogP contribution in [-0.2, 0) is 52.5 Å². The third-order valence-electron chi connectivity index (χ3n) is 10.2. The van der Waals surface area contributed by atoms with Crippen molar-refractivity contribution in [3.63, 3.8) is 0 Å². The molecular weight excluding hydrogens is 925 g/mol. The molecule has 1 aliphatic rings. The summed E-state index contributed by atoms with van der Waals surface area (Å²) in [4.78, 5) is 120. The maximum Gasteiger partial charge on any atom is 0.422 e. The SMILES string of the molecule is C[C@@H](O)[C@H](NC(=O)CN(C)C(=O)[C@@H](N)CCCNNC(=O)OC(C)(C)C)C(=O)N[C@@H](CC(=O)OC(C)(C)C)C(=O)N[C@H](CCC(=O)OC(C)(C)C)C(=O)NC(=O)OCC1c2ccccc2-c2ccccc21. The second kappa shape index (κ2) is 26.0. The van der Waals surface area contributed by atoms with Gasteiger partial charge in [0.25, 0.3) is 5.91 Å². The van der Waals surface area contributed by atoms with Crippen molar-refractivity contribution in [3.8, 4) is 11.1 Å². The molecule has 0 heterocycles. The van der Waals surface area contributed by atoms with Crippen LogP contribution in [0.4, 0.5) is 9.59 Å². The first-order valence-electron chi connectivity index (χ1n) is 23.3. The molecule has 0 saturated carbocycles. The maximum absolute atomic E-state index is 14.1. The lowest BCUT2D eigenvalue weighted by Gasteiger charge is -2.28. The minimum Gasteiger partial charge on any atom is -0.460 e. The Morgan fingerprint density at radius 2 is 1.23 bits per heavy atom. The van der Waals surface area contributed by atoms with E-state index in [1.165, 1.54) is 14.0 Å². The highest BCUT2D eigenvalue weighted by molar-refractivity contribution is 6.00. The number of hydrogen-bond acceptors (Lipinski definition) is 16. The molecule has 3 rings (SSSR count). The van der Waals surface area contributed by atoms with Crippen molar-refractivity contribution >= 4 is 53.7 Å². The number of nitrogens with one attached hydrogen (secondary N) is 6. The zero-order chi connectivity index (χ0) is 53.4. The number of ether oxygens (including phenoxy) is 4. The Hall–Kier alpha value is -6.65. The van der Waals surface area contributed by atoms with Crippen molar-refractivity contribution < 1.29 is 67.2 Å². The van der Waals surface area contributed by atoms with Crippen LogP contribution in [0.15, 0.2) is 48.5 Å². The molecule has 2 aromatic carbocycles. The van der Waals surface area contributed by atoms with Gasteiger partial charge in [-0.25, -0.2) is 15.0 Å². The van der Waals surface area contributed by atoms with E-state index < -0.39 is 127 Å². The Morgan fingerprint density at radius 3 is 1.77 bits per heavy atom. The van der Waals surface area contributed by atoms with Crippen LogP contribution < -0.4 is 37.9 Å². The van der Waals surface area contributed by atoms with Crippen LogP contribution in [0.2, 0.25) is 0 Å². The zero-order valence-corrected chi connectivity index (χ0v) is 42.5. The number of nitrogens with two attached hydrogens (primary N) is 1. The fourth-order valence-corrected chi connectivity index (χ4v) is 7.21. The lowest BCUT2D eigenvalue weighted by molar-refractivity contribution is -0.157. The molecule has 0 unspecified atom stereocenters. The number of hydrazine groups is 1. The van der Waals surface area contributed by atoms with Crippen molar-refractivity contribution in [2.75, 3.05) is 26.7 Å². The van der Waals surface area contributed by atoms with E-state index >= 15 is 0 Å². The summed E-state index contributed by atoms with van der Waals surface area (Å²) in [6.45, 7) is 15.4. The van der Waals surface area contributed by atoms with Gasteiger partial charge in [0.1, 0.15) is 41.5 Å². The number of aliphatic hydroxyl groups excluding tert-OH is 1. The summed E-state index contributed by atoms with van der Waals surface area (Å²) in [6, 6.07) is 8.98. The summed E-state index contributed by atoms with van der Waals surface area (Å²) in [5, 5.41) is 19.8. The average Bonchev–Trinajstić information content (AvgIpc) is 3.56. The second-order valence-corrected chi connectivity index (χ2v) is 20.1. The number of rotatable bonds is 22. The summed E-state index contributed by atoms with van der Waals surface area (Å²) < 4.78 is 21.4. The summed E-state index contributed by atoms with van der Waals surface area (Å²) in [5.74, 6) is -6.97. The Morgan fingerprint density at radius 1 is 0.690 bits per heavy atom. The molecule has 22 heteroatoms. The third kappa shape index (κ3) is 20.3. The lowest BCUT2D eigenvalue weighted by atomic mass is 9.98. The molecule has 0 saturated heterocycles. The van der Waals surface area contributed by atoms with Crippen molar-refractivity contribution in [3.05, 3.63) is 59.7 Å². The number of hydrogen-bond donors (Lipinski definition) is 8. The van der Waals surface area contributed by atoms with Crippen LogP contribution in [-0.4, -0.2) is 137 Å². The fourth-order valence-electron chi connectivity index (χ4n) is 7.21. The van der Waals surface area contributed by atoms with Gasteiger partial charge in [-0.2, -0.15) is 0 Å². The van der Waals surface area contributed by atoms with Gasteiger partial charge < -0.3 is 50.6 Å². The molecule has 9 N–H and O–H groups in total. The van der Waals surface area contributed by atoms with Gasteiger partial charge in [-0.05, 0) is 111 Å². The van der Waals surface area contributed by atoms with Gasteiger partial charge in [0.05, 0.1) is 25.1 Å². The number of imide groups is 1. The first-order valence-corrected chi connectivity index (χ1v) is 23.3. The summed E-state index contributed by atoms with van der Waals surface area (Å²) in [7, 11) is 1.30. The van der Waals surface area contributed by atoms with Crippen LogP contribution in [0.25, 0.3) is 11.1 Å². The number of fused-ring (bicyclic) bond motifs is 3. The van der Waals surface area contributed by atoms with Gasteiger partial charge >= 0.3 is 24.1 Å². The number of amides is 7. The van der Waals surface area contributed by atoms with Crippen LogP contribution >= 0.6 is 0 Å². The summed E-state index contributed by atoms with van der Waals surface area (Å²) >= 11 is 0. The van der Waals surface area contributed by atoms with Gasteiger partial charge in [0.2, 0.25) is 23.6 Å². The maximum atomic E-state index is 14.1. The Balaban J connectivity index is 1.73. The molecule has 1 aliphatic carbocycles. The number of aliphatic hydroxyl groups is 1. The number of esters is 2. The first kappa shape index (κ1) is 58.7. The van der Waals surface area contributed by atoms with E-state index in [0.29, 0.717) is 6.42 Å². The average molecular weight is 997 g/mol. The smallest absolute Gasteiger partial charge is 0.422 e. The van der Waals surface area contributed by atoms with E-state index in [2.05, 4.69) is 32.1 Å². The standard InChI is InChI=1S/C49H72N8O14/c1-28(58)40(54-37(59)26-57(11)44(65)34(50)21-16-24-51-56-46(67)71-49(8,9)10)43(64)53-36(25-39(61)70-48(5,6)7)42(63)52-35(22-23-38(60)69-47(2,3)4)41(62)55-45(66)68-27-33-31-19-14-12-17-29(31)30-18-13-15-20-32(30)33/h12-15,17-20,28,33-36,40,51,58H,16,21-27,50H2,1-11H3,(H,52,63)(H,53,64)(H,54,59)(H,56,67)(H,55,62,66)/t28-,34+,35-,36+,40+/m1/s1. The van der Waals surface area contributed by atoms with Crippen molar-refractivity contribution in [2.24, 2.45) is 5.73 Å². The van der Waals surface area contributed by atoms with E-state index in [1.807, 2.05) is 48.5 Å². The highest BCUT2D eigenvalue weighted by atomic mass is 16.6. The van der Waals surface area contributed by atoms with Crippen LogP contribution in [0, 0.1) is 0 Å². The second-order valence-electron chi connectivity index (χ2n) is 20.1. The third-order valence-corrected chi connectivity index (χ3v) is 10.2. The molecule has 0 fully saturated rings. The number of likely N-dealkylation sites (N-methyl/N-ethyl adjacent to an activating group) is 1. The van der Waals surface area contributed by atoms with E-state index in [1.54, 1.807) is 62.3 Å². The number of alkyl carbamates (subject to hydrolysis) is 1. The number of nitrogens with zero attached hydrogens (tertiary/aromatic N) is 1. The van der Waals surface area contributed by atoms with Crippen LogP contribution in [0.5, 0.6) is 0 Å². The highest BCUT2D eigenvalue weighted by Crippen LogP contribution is 2.44. The molecule has 0 aromatic heterocycles. The van der Waals surface area contributed by atoms with Gasteiger partial charge in [-0.1, -0.05) is 48.5 Å². The van der Waals surface area contributed by atoms with E-state index in [4.69, 9.17) is 24.7 Å². The molecule has 7 amide bonds. The Kier molecular flexibility index (Phi) is 21.5. The topological polar surface area (TPSA) is 312 Å². The van der Waals surface area contributed by atoms with Gasteiger partial charge in [-0.3, -0.25) is 44.3 Å². The molecule has 5 atom stereocenters. The minimum absolute atomic E-state index is 0.150. The summed E-state index contributed by atoms with van der Waals surface area (Å²) in [5.41, 5.74) is 12.2. The fraction of sp³-hybridized carbons (Fsp3) is 0.571. The van der Waals surface area contributed by atoms with Crippen molar-refractivity contribution in [2.45, 2.75) is 154 Å². The van der Waals surface area contributed by atoms with Crippen molar-refractivity contribution in [1.29, 1.82) is 0 Å². The minimum atomic E-state index is -1.82. The van der Waals surface area contributed by atoms with Gasteiger partial charge in [-0.15, -0.1) is 0 Å². The van der Waals surface area contributed by atoms with Gasteiger partial charge in [0.15, 0.2) is 0 Å². The van der Waals surface area contributed by atoms with E-state index in [9.17, 15) is 48.3 Å². The number of carbonyl (C=O) groups is 9. The summed E-state index contributed by atoms with van der Waals surface area (Å²) in [6.07, 6.45) is -4.59. The molecule has 22 nitrogen and oxygen atoms in total. The molecule has 0 radical (unpaired) electrons. The molecule has 0 bridgehead atoms. The van der Waals surface area contributed by atoms with Crippen LogP contribution in [0.3, 0.4) is 0 Å². The normalized spacial score (nSPS) is 14.4. The van der Waals surface area contributed by atoms with Crippen molar-refractivity contribution in [1.82, 2.24) is 37.0 Å². The molecule has 392 valence electrons. The van der Waals surface area contributed by atoms with Crippen LogP contribution in [0.1, 0.15) is 118 Å².